The molecular weight excluding hydrogens is 376 g/mol. The SMILES string of the molecule is C#CCSc1nc(=O)c2c(n1C1CCCC1)-c1ccccc1C1(CCCCC1)C2. The van der Waals surface area contributed by atoms with Crippen molar-refractivity contribution in [1.82, 2.24) is 9.55 Å². The van der Waals surface area contributed by atoms with E-state index in [2.05, 4.69) is 39.7 Å². The van der Waals surface area contributed by atoms with Crippen molar-refractivity contribution >= 4 is 11.8 Å². The molecule has 2 saturated carbocycles. The molecule has 1 heterocycles. The molecule has 4 heteroatoms. The van der Waals surface area contributed by atoms with E-state index in [-0.39, 0.29) is 11.0 Å². The first-order chi connectivity index (χ1) is 14.2. The molecule has 0 N–H and O–H groups in total. The average Bonchev–Trinajstić information content (AvgIpc) is 3.28. The van der Waals surface area contributed by atoms with Crippen LogP contribution < -0.4 is 5.56 Å². The van der Waals surface area contributed by atoms with Gasteiger partial charge in [0, 0.05) is 22.6 Å². The van der Waals surface area contributed by atoms with Crippen molar-refractivity contribution in [2.24, 2.45) is 0 Å². The lowest BCUT2D eigenvalue weighted by Gasteiger charge is -2.43. The number of aromatic nitrogens is 2. The Labute approximate surface area is 177 Å². The summed E-state index contributed by atoms with van der Waals surface area (Å²) in [7, 11) is 0. The van der Waals surface area contributed by atoms with Gasteiger partial charge in [-0.2, -0.15) is 4.98 Å². The van der Waals surface area contributed by atoms with Gasteiger partial charge < -0.3 is 4.57 Å². The van der Waals surface area contributed by atoms with Gasteiger partial charge in [0.05, 0.1) is 11.4 Å². The van der Waals surface area contributed by atoms with Crippen molar-refractivity contribution in [2.75, 3.05) is 5.75 Å². The zero-order chi connectivity index (χ0) is 19.8. The Morgan fingerprint density at radius 2 is 1.90 bits per heavy atom. The number of rotatable bonds is 3. The molecule has 0 amide bonds. The molecule has 3 nitrogen and oxygen atoms in total. The molecule has 1 aromatic heterocycles. The van der Waals surface area contributed by atoms with Crippen LogP contribution in [0.1, 0.15) is 75.0 Å². The van der Waals surface area contributed by atoms with Crippen LogP contribution in [0.15, 0.2) is 34.2 Å². The van der Waals surface area contributed by atoms with Crippen LogP contribution in [-0.2, 0) is 11.8 Å². The van der Waals surface area contributed by atoms with Crippen molar-refractivity contribution < 1.29 is 0 Å². The average molecular weight is 405 g/mol. The Hall–Kier alpha value is -1.99. The normalized spacial score (nSPS) is 20.2. The van der Waals surface area contributed by atoms with Gasteiger partial charge in [0.15, 0.2) is 5.16 Å². The summed E-state index contributed by atoms with van der Waals surface area (Å²) in [4.78, 5) is 17.9. The molecular formula is C25H28N2OS. The number of fused-ring (bicyclic) bond motifs is 4. The van der Waals surface area contributed by atoms with Crippen molar-refractivity contribution in [2.45, 2.75) is 80.8 Å². The third-order valence-corrected chi connectivity index (χ3v) is 8.10. The van der Waals surface area contributed by atoms with Gasteiger partial charge >= 0.3 is 0 Å². The summed E-state index contributed by atoms with van der Waals surface area (Å²) < 4.78 is 2.40. The monoisotopic (exact) mass is 404 g/mol. The van der Waals surface area contributed by atoms with Gasteiger partial charge in [-0.25, -0.2) is 0 Å². The fourth-order valence-corrected chi connectivity index (χ4v) is 6.71. The summed E-state index contributed by atoms with van der Waals surface area (Å²) in [6.07, 6.45) is 17.4. The van der Waals surface area contributed by atoms with E-state index in [1.54, 1.807) is 0 Å². The van der Waals surface area contributed by atoms with Crippen LogP contribution in [0.25, 0.3) is 11.3 Å². The summed E-state index contributed by atoms with van der Waals surface area (Å²) >= 11 is 1.54. The Kier molecular flexibility index (Phi) is 5.04. The van der Waals surface area contributed by atoms with Crippen molar-refractivity contribution in [3.05, 3.63) is 45.7 Å². The van der Waals surface area contributed by atoms with Crippen molar-refractivity contribution in [1.29, 1.82) is 0 Å². The minimum atomic E-state index is -0.0341. The molecule has 0 bridgehead atoms. The van der Waals surface area contributed by atoms with E-state index in [0.717, 1.165) is 35.7 Å². The Morgan fingerprint density at radius 3 is 2.66 bits per heavy atom. The third-order valence-electron chi connectivity index (χ3n) is 7.24. The highest BCUT2D eigenvalue weighted by Gasteiger charge is 2.42. The summed E-state index contributed by atoms with van der Waals surface area (Å²) in [5.74, 6) is 3.25. The summed E-state index contributed by atoms with van der Waals surface area (Å²) in [5.41, 5.74) is 4.89. The number of hydrogen-bond donors (Lipinski definition) is 0. The molecule has 29 heavy (non-hydrogen) atoms. The van der Waals surface area contributed by atoms with E-state index in [4.69, 9.17) is 6.42 Å². The van der Waals surface area contributed by atoms with E-state index in [1.165, 1.54) is 67.8 Å². The van der Waals surface area contributed by atoms with Gasteiger partial charge in [0.2, 0.25) is 0 Å². The van der Waals surface area contributed by atoms with Gasteiger partial charge in [-0.05, 0) is 37.7 Å². The first-order valence-corrected chi connectivity index (χ1v) is 12.0. The highest BCUT2D eigenvalue weighted by atomic mass is 32.2. The Bertz CT molecular complexity index is 1020. The molecule has 0 radical (unpaired) electrons. The maximum Gasteiger partial charge on any atom is 0.277 e. The van der Waals surface area contributed by atoms with Gasteiger partial charge in [-0.1, -0.05) is 74.1 Å². The summed E-state index contributed by atoms with van der Waals surface area (Å²) in [5, 5.41) is 0.813. The van der Waals surface area contributed by atoms with Crippen LogP contribution in [0, 0.1) is 12.3 Å². The first-order valence-electron chi connectivity index (χ1n) is 11.0. The van der Waals surface area contributed by atoms with E-state index in [1.807, 2.05) is 0 Å². The van der Waals surface area contributed by atoms with E-state index < -0.39 is 0 Å². The smallest absolute Gasteiger partial charge is 0.277 e. The number of nitrogens with zero attached hydrogens (tertiary/aromatic N) is 2. The molecule has 0 aliphatic heterocycles. The molecule has 1 spiro atoms. The second-order valence-electron chi connectivity index (χ2n) is 8.89. The lowest BCUT2D eigenvalue weighted by atomic mass is 9.62. The van der Waals surface area contributed by atoms with Gasteiger partial charge in [0.25, 0.3) is 5.56 Å². The summed E-state index contributed by atoms with van der Waals surface area (Å²) in [6.45, 7) is 0. The van der Waals surface area contributed by atoms with Crippen LogP contribution in [0.4, 0.5) is 0 Å². The van der Waals surface area contributed by atoms with Gasteiger partial charge in [0.1, 0.15) is 0 Å². The number of hydrogen-bond acceptors (Lipinski definition) is 3. The van der Waals surface area contributed by atoms with Gasteiger partial charge in [-0.3, -0.25) is 4.79 Å². The lowest BCUT2D eigenvalue weighted by Crippen LogP contribution is -2.39. The van der Waals surface area contributed by atoms with Crippen LogP contribution in [0.3, 0.4) is 0 Å². The minimum absolute atomic E-state index is 0.0341. The van der Waals surface area contributed by atoms with Crippen LogP contribution in [0.5, 0.6) is 0 Å². The molecule has 3 aliphatic rings. The zero-order valence-corrected chi connectivity index (χ0v) is 17.8. The van der Waals surface area contributed by atoms with Crippen LogP contribution in [-0.4, -0.2) is 15.3 Å². The van der Waals surface area contributed by atoms with Crippen LogP contribution >= 0.6 is 11.8 Å². The van der Waals surface area contributed by atoms with Gasteiger partial charge in [-0.15, -0.1) is 6.42 Å². The standard InChI is InChI=1S/C25H28N2OS/c1-2-16-29-24-26-23(28)20-17-25(14-8-3-9-15-25)21-13-7-6-12-19(21)22(20)27(24)18-10-4-5-11-18/h1,6-7,12-13,18H,3-5,8-11,14-17H2. The fraction of sp³-hybridized carbons (Fsp3) is 0.520. The second-order valence-corrected chi connectivity index (χ2v) is 9.83. The maximum atomic E-state index is 13.3. The molecule has 0 saturated heterocycles. The first kappa shape index (κ1) is 19.0. The highest BCUT2D eigenvalue weighted by Crippen LogP contribution is 2.51. The van der Waals surface area contributed by atoms with Crippen molar-refractivity contribution in [3.8, 4) is 23.6 Å². The molecule has 0 unspecified atom stereocenters. The predicted octanol–water partition coefficient (Wildman–Crippen LogP) is 5.51. The second kappa shape index (κ2) is 7.69. The number of terminal acetylenes is 1. The van der Waals surface area contributed by atoms with Crippen LogP contribution in [0.2, 0.25) is 0 Å². The lowest BCUT2D eigenvalue weighted by molar-refractivity contribution is 0.285. The van der Waals surface area contributed by atoms with E-state index in [9.17, 15) is 4.79 Å². The topological polar surface area (TPSA) is 34.9 Å². The molecule has 5 rings (SSSR count). The maximum absolute atomic E-state index is 13.3. The largest absolute Gasteiger partial charge is 0.317 e. The highest BCUT2D eigenvalue weighted by molar-refractivity contribution is 7.99. The minimum Gasteiger partial charge on any atom is -0.317 e. The quantitative estimate of drug-likeness (QED) is 0.384. The molecule has 0 atom stereocenters. The Morgan fingerprint density at radius 1 is 1.14 bits per heavy atom. The fourth-order valence-electron chi connectivity index (χ4n) is 5.97. The number of thioether (sulfide) groups is 1. The Balaban J connectivity index is 1.76. The third kappa shape index (κ3) is 3.15. The molecule has 150 valence electrons. The van der Waals surface area contributed by atoms with E-state index in [0.29, 0.717) is 11.8 Å². The zero-order valence-electron chi connectivity index (χ0n) is 17.0. The van der Waals surface area contributed by atoms with Crippen molar-refractivity contribution in [3.63, 3.8) is 0 Å². The summed E-state index contributed by atoms with van der Waals surface area (Å²) in [6, 6.07) is 9.28. The molecule has 2 aromatic rings. The predicted molar refractivity (Wildman–Crippen MR) is 119 cm³/mol. The van der Waals surface area contributed by atoms with E-state index >= 15 is 0 Å². The molecule has 1 aromatic carbocycles. The molecule has 2 fully saturated rings. The molecule has 3 aliphatic carbocycles. The number of benzene rings is 1.